The molecule has 0 radical (unpaired) electrons. The molecule has 1 fully saturated rings. The Balaban J connectivity index is 2.02. The van der Waals surface area contributed by atoms with Crippen LogP contribution in [0.15, 0.2) is 41.3 Å². The summed E-state index contributed by atoms with van der Waals surface area (Å²) in [5.41, 5.74) is 1.88. The third kappa shape index (κ3) is 3.18. The van der Waals surface area contributed by atoms with Crippen LogP contribution >= 0.6 is 23.4 Å². The number of carbonyl (C=O) groups excluding carboxylic acids is 2. The van der Waals surface area contributed by atoms with Gasteiger partial charge in [-0.05, 0) is 49.0 Å². The number of hydrogen-bond donors (Lipinski definition) is 0. The second kappa shape index (κ2) is 7.43. The predicted octanol–water partition coefficient (Wildman–Crippen LogP) is 4.91. The van der Waals surface area contributed by atoms with Gasteiger partial charge in [-0.2, -0.15) is 0 Å². The minimum atomic E-state index is -0.413. The number of anilines is 1. The second-order valence-electron chi connectivity index (χ2n) is 5.48. The summed E-state index contributed by atoms with van der Waals surface area (Å²) >= 11 is 7.00. The number of imide groups is 1. The van der Waals surface area contributed by atoms with Crippen molar-refractivity contribution in [3.63, 3.8) is 0 Å². The Morgan fingerprint density at radius 3 is 2.46 bits per heavy atom. The Labute approximate surface area is 160 Å². The SMILES string of the molecule is COc1ccc(/C=C2\SC(=O)N(c3ccccc3Cl)C2=O)c(OC)c1C. The molecule has 5 nitrogen and oxygen atoms in total. The van der Waals surface area contributed by atoms with Crippen LogP contribution in [0.25, 0.3) is 6.08 Å². The number of hydrogen-bond acceptors (Lipinski definition) is 5. The number of rotatable bonds is 4. The third-order valence-electron chi connectivity index (χ3n) is 3.98. The molecular weight excluding hydrogens is 374 g/mol. The van der Waals surface area contributed by atoms with Crippen LogP contribution in [0, 0.1) is 6.92 Å². The molecule has 3 rings (SSSR count). The van der Waals surface area contributed by atoms with Crippen molar-refractivity contribution in [1.29, 1.82) is 0 Å². The molecule has 1 saturated heterocycles. The highest BCUT2D eigenvalue weighted by molar-refractivity contribution is 8.19. The minimum Gasteiger partial charge on any atom is -0.496 e. The lowest BCUT2D eigenvalue weighted by atomic mass is 10.1. The van der Waals surface area contributed by atoms with Gasteiger partial charge in [0.25, 0.3) is 11.1 Å². The van der Waals surface area contributed by atoms with Gasteiger partial charge in [-0.15, -0.1) is 0 Å². The zero-order chi connectivity index (χ0) is 18.8. The van der Waals surface area contributed by atoms with Crippen molar-refractivity contribution in [2.75, 3.05) is 19.1 Å². The Bertz CT molecular complexity index is 926. The van der Waals surface area contributed by atoms with E-state index < -0.39 is 11.1 Å². The number of benzene rings is 2. The molecule has 0 aliphatic carbocycles. The summed E-state index contributed by atoms with van der Waals surface area (Å²) in [6.07, 6.45) is 1.65. The number of thioether (sulfide) groups is 1. The highest BCUT2D eigenvalue weighted by atomic mass is 35.5. The van der Waals surface area contributed by atoms with Gasteiger partial charge < -0.3 is 9.47 Å². The van der Waals surface area contributed by atoms with Crippen molar-refractivity contribution in [2.45, 2.75) is 6.92 Å². The summed E-state index contributed by atoms with van der Waals surface area (Å²) in [6.45, 7) is 1.87. The lowest BCUT2D eigenvalue weighted by Crippen LogP contribution is -2.27. The molecular formula is C19H16ClNO4S. The largest absolute Gasteiger partial charge is 0.496 e. The van der Waals surface area contributed by atoms with E-state index in [0.29, 0.717) is 32.7 Å². The lowest BCUT2D eigenvalue weighted by molar-refractivity contribution is -0.113. The van der Waals surface area contributed by atoms with Crippen LogP contribution in [0.3, 0.4) is 0 Å². The normalized spacial score (nSPS) is 15.7. The van der Waals surface area contributed by atoms with Gasteiger partial charge in [0.1, 0.15) is 11.5 Å². The molecule has 0 unspecified atom stereocenters. The standard InChI is InChI=1S/C19H16ClNO4S/c1-11-15(24-2)9-8-12(17(11)25-3)10-16-18(22)21(19(23)26-16)14-7-5-4-6-13(14)20/h4-10H,1-3H3/b16-10-. The van der Waals surface area contributed by atoms with Crippen LogP contribution in [-0.2, 0) is 4.79 Å². The number of para-hydroxylation sites is 1. The summed E-state index contributed by atoms with van der Waals surface area (Å²) in [5.74, 6) is 0.862. The van der Waals surface area contributed by atoms with Crippen molar-refractivity contribution >= 4 is 46.3 Å². The highest BCUT2D eigenvalue weighted by Crippen LogP contribution is 2.40. The molecule has 1 aliphatic rings. The highest BCUT2D eigenvalue weighted by Gasteiger charge is 2.37. The van der Waals surface area contributed by atoms with Gasteiger partial charge in [0.15, 0.2) is 0 Å². The van der Waals surface area contributed by atoms with Gasteiger partial charge in [-0.3, -0.25) is 9.59 Å². The monoisotopic (exact) mass is 389 g/mol. The van der Waals surface area contributed by atoms with Gasteiger partial charge in [0.2, 0.25) is 0 Å². The fourth-order valence-electron chi connectivity index (χ4n) is 2.75. The number of ether oxygens (including phenoxy) is 2. The van der Waals surface area contributed by atoms with Crippen LogP contribution in [-0.4, -0.2) is 25.4 Å². The molecule has 1 heterocycles. The van der Waals surface area contributed by atoms with Crippen molar-refractivity contribution in [3.8, 4) is 11.5 Å². The van der Waals surface area contributed by atoms with Gasteiger partial charge >= 0.3 is 0 Å². The molecule has 2 aromatic rings. The molecule has 0 bridgehead atoms. The summed E-state index contributed by atoms with van der Waals surface area (Å²) in [7, 11) is 3.13. The van der Waals surface area contributed by atoms with E-state index in [2.05, 4.69) is 0 Å². The Morgan fingerprint density at radius 2 is 1.81 bits per heavy atom. The first kappa shape index (κ1) is 18.4. The zero-order valence-corrected chi connectivity index (χ0v) is 16.0. The molecule has 0 aromatic heterocycles. The smallest absolute Gasteiger partial charge is 0.298 e. The van der Waals surface area contributed by atoms with Crippen LogP contribution in [0.5, 0.6) is 11.5 Å². The van der Waals surface area contributed by atoms with Crippen LogP contribution in [0.2, 0.25) is 5.02 Å². The van der Waals surface area contributed by atoms with Crippen LogP contribution in [0.4, 0.5) is 10.5 Å². The number of methoxy groups -OCH3 is 2. The molecule has 2 aromatic carbocycles. The maximum Gasteiger partial charge on any atom is 0.298 e. The lowest BCUT2D eigenvalue weighted by Gasteiger charge is -2.14. The minimum absolute atomic E-state index is 0.304. The maximum atomic E-state index is 12.8. The van der Waals surface area contributed by atoms with Gasteiger partial charge in [0, 0.05) is 11.1 Å². The molecule has 0 atom stereocenters. The summed E-state index contributed by atoms with van der Waals surface area (Å²) < 4.78 is 10.7. The number of nitrogens with zero attached hydrogens (tertiary/aromatic N) is 1. The zero-order valence-electron chi connectivity index (χ0n) is 14.4. The second-order valence-corrected chi connectivity index (χ2v) is 6.88. The molecule has 0 saturated carbocycles. The van der Waals surface area contributed by atoms with Crippen molar-refractivity contribution in [1.82, 2.24) is 0 Å². The Morgan fingerprint density at radius 1 is 1.08 bits per heavy atom. The first-order chi connectivity index (χ1) is 12.5. The Hall–Kier alpha value is -2.44. The van der Waals surface area contributed by atoms with Crippen molar-refractivity contribution < 1.29 is 19.1 Å². The molecule has 7 heteroatoms. The van der Waals surface area contributed by atoms with Gasteiger partial charge in [0.05, 0.1) is 29.8 Å². The first-order valence-corrected chi connectivity index (χ1v) is 8.91. The van der Waals surface area contributed by atoms with E-state index in [0.717, 1.165) is 22.2 Å². The quantitative estimate of drug-likeness (QED) is 0.695. The van der Waals surface area contributed by atoms with Crippen LogP contribution < -0.4 is 14.4 Å². The number of amides is 2. The average Bonchev–Trinajstić information content (AvgIpc) is 2.90. The maximum absolute atomic E-state index is 12.8. The van der Waals surface area contributed by atoms with Gasteiger partial charge in [-0.1, -0.05) is 23.7 Å². The molecule has 0 N–H and O–H groups in total. The molecule has 26 heavy (non-hydrogen) atoms. The molecule has 2 amide bonds. The van der Waals surface area contributed by atoms with E-state index >= 15 is 0 Å². The number of carbonyl (C=O) groups is 2. The van der Waals surface area contributed by atoms with E-state index in [9.17, 15) is 9.59 Å². The topological polar surface area (TPSA) is 55.8 Å². The van der Waals surface area contributed by atoms with E-state index in [1.54, 1.807) is 56.7 Å². The predicted molar refractivity (Wildman–Crippen MR) is 104 cm³/mol. The number of halogens is 1. The van der Waals surface area contributed by atoms with E-state index in [1.165, 1.54) is 0 Å². The van der Waals surface area contributed by atoms with Gasteiger partial charge in [-0.25, -0.2) is 4.90 Å². The average molecular weight is 390 g/mol. The van der Waals surface area contributed by atoms with Crippen molar-refractivity contribution in [2.24, 2.45) is 0 Å². The fourth-order valence-corrected chi connectivity index (χ4v) is 3.80. The van der Waals surface area contributed by atoms with E-state index in [-0.39, 0.29) is 0 Å². The Kier molecular flexibility index (Phi) is 5.25. The first-order valence-electron chi connectivity index (χ1n) is 7.72. The molecule has 0 spiro atoms. The van der Waals surface area contributed by atoms with E-state index in [1.807, 2.05) is 6.92 Å². The molecule has 134 valence electrons. The summed E-state index contributed by atoms with van der Waals surface area (Å²) in [6, 6.07) is 10.3. The summed E-state index contributed by atoms with van der Waals surface area (Å²) in [5, 5.41) is -0.0486. The fraction of sp³-hybridized carbons (Fsp3) is 0.158. The van der Waals surface area contributed by atoms with E-state index in [4.69, 9.17) is 21.1 Å². The van der Waals surface area contributed by atoms with Crippen LogP contribution in [0.1, 0.15) is 11.1 Å². The third-order valence-corrected chi connectivity index (χ3v) is 5.17. The van der Waals surface area contributed by atoms with Crippen molar-refractivity contribution in [3.05, 3.63) is 57.5 Å². The molecule has 1 aliphatic heterocycles. The summed E-state index contributed by atoms with van der Waals surface area (Å²) in [4.78, 5) is 26.5.